The predicted molar refractivity (Wildman–Crippen MR) is 78.9 cm³/mol. The smallest absolute Gasteiger partial charge is 0.266 e. The fourth-order valence-corrected chi connectivity index (χ4v) is 4.15. The minimum absolute atomic E-state index is 0.194. The molecule has 0 spiro atoms. The number of nitrogens with one attached hydrogen (secondary N) is 1. The highest BCUT2D eigenvalue weighted by molar-refractivity contribution is 7.93. The van der Waals surface area contributed by atoms with Crippen molar-refractivity contribution in [1.82, 2.24) is 0 Å². The van der Waals surface area contributed by atoms with E-state index in [2.05, 4.69) is 5.43 Å². The van der Waals surface area contributed by atoms with Gasteiger partial charge < -0.3 is 5.43 Å². The molecule has 0 saturated carbocycles. The highest BCUT2D eigenvalue weighted by Gasteiger charge is 2.31. The summed E-state index contributed by atoms with van der Waals surface area (Å²) >= 11 is 0. The van der Waals surface area contributed by atoms with Crippen molar-refractivity contribution < 1.29 is 8.42 Å². The first kappa shape index (κ1) is 13.0. The predicted octanol–water partition coefficient (Wildman–Crippen LogP) is 1.72. The van der Waals surface area contributed by atoms with Crippen LogP contribution in [0.3, 0.4) is 0 Å². The maximum Gasteiger partial charge on any atom is 0.266 e. The van der Waals surface area contributed by atoms with Gasteiger partial charge in [0.25, 0.3) is 10.0 Å². The van der Waals surface area contributed by atoms with Gasteiger partial charge in [-0.25, -0.2) is 8.42 Å². The Hall–Kier alpha value is -2.05. The molecule has 0 atom stereocenters. The van der Waals surface area contributed by atoms with Crippen LogP contribution in [-0.2, 0) is 16.4 Å². The third-order valence-corrected chi connectivity index (χ3v) is 5.33. The van der Waals surface area contributed by atoms with Crippen LogP contribution in [-0.4, -0.2) is 15.0 Å². The monoisotopic (exact) mass is 289 g/mol. The van der Waals surface area contributed by atoms with Crippen molar-refractivity contribution in [3.63, 3.8) is 0 Å². The summed E-state index contributed by atoms with van der Waals surface area (Å²) in [6.07, 6.45) is 0.730. The number of sulfonamides is 1. The Bertz CT molecular complexity index is 744. The number of nitrogen functional groups attached to an aromatic ring is 1. The number of hydrogen-bond donors (Lipinski definition) is 2. The minimum atomic E-state index is -3.60. The molecule has 0 radical (unpaired) electrons. The molecule has 0 aromatic heterocycles. The van der Waals surface area contributed by atoms with E-state index in [1.54, 1.807) is 24.3 Å². The normalized spacial score (nSPS) is 14.2. The van der Waals surface area contributed by atoms with Crippen molar-refractivity contribution in [2.45, 2.75) is 11.3 Å². The van der Waals surface area contributed by atoms with Gasteiger partial charge in [0.1, 0.15) is 4.90 Å². The molecule has 5 nitrogen and oxygen atoms in total. The van der Waals surface area contributed by atoms with E-state index in [-0.39, 0.29) is 4.90 Å². The fraction of sp³-hybridized carbons (Fsp3) is 0.143. The van der Waals surface area contributed by atoms with Crippen molar-refractivity contribution in [3.8, 4) is 0 Å². The standard InChI is InChI=1S/C14H15N3O2S/c15-16-12-6-2-4-8-14(12)20(18,19)17-10-9-11-5-1-3-7-13(11)17/h1-8,16H,9-10,15H2. The SMILES string of the molecule is NNc1ccccc1S(=O)(=O)N1CCc2ccccc21. The fourth-order valence-electron chi connectivity index (χ4n) is 2.49. The van der Waals surface area contributed by atoms with E-state index in [1.165, 1.54) is 4.31 Å². The number of para-hydroxylation sites is 2. The molecule has 0 fully saturated rings. The van der Waals surface area contributed by atoms with Gasteiger partial charge in [0.15, 0.2) is 0 Å². The van der Waals surface area contributed by atoms with E-state index in [0.29, 0.717) is 12.2 Å². The molecular weight excluding hydrogens is 274 g/mol. The third-order valence-electron chi connectivity index (χ3n) is 3.46. The molecular formula is C14H15N3O2S. The number of benzene rings is 2. The zero-order chi connectivity index (χ0) is 14.2. The second kappa shape index (κ2) is 4.81. The van der Waals surface area contributed by atoms with Gasteiger partial charge in [-0.05, 0) is 30.2 Å². The Kier molecular flexibility index (Phi) is 3.11. The number of nitrogens with two attached hydrogens (primary N) is 1. The Labute approximate surface area is 118 Å². The van der Waals surface area contributed by atoms with Gasteiger partial charge in [0.2, 0.25) is 0 Å². The van der Waals surface area contributed by atoms with Gasteiger partial charge in [-0.1, -0.05) is 30.3 Å². The van der Waals surface area contributed by atoms with Gasteiger partial charge in [0.05, 0.1) is 11.4 Å². The van der Waals surface area contributed by atoms with Crippen molar-refractivity contribution in [2.24, 2.45) is 5.84 Å². The van der Waals surface area contributed by atoms with Crippen molar-refractivity contribution in [3.05, 3.63) is 54.1 Å². The first-order chi connectivity index (χ1) is 9.64. The summed E-state index contributed by atoms with van der Waals surface area (Å²) in [5, 5.41) is 0. The number of nitrogens with zero attached hydrogens (tertiary/aromatic N) is 1. The first-order valence-corrected chi connectivity index (χ1v) is 7.75. The number of anilines is 2. The summed E-state index contributed by atoms with van der Waals surface area (Å²) < 4.78 is 27.1. The van der Waals surface area contributed by atoms with Crippen LogP contribution in [0.1, 0.15) is 5.56 Å². The summed E-state index contributed by atoms with van der Waals surface area (Å²) in [6.45, 7) is 0.459. The first-order valence-electron chi connectivity index (χ1n) is 6.31. The molecule has 104 valence electrons. The molecule has 0 unspecified atom stereocenters. The maximum atomic E-state index is 12.8. The summed E-state index contributed by atoms with van der Waals surface area (Å²) in [4.78, 5) is 0.194. The van der Waals surface area contributed by atoms with Gasteiger partial charge in [-0.15, -0.1) is 0 Å². The zero-order valence-electron chi connectivity index (χ0n) is 10.8. The lowest BCUT2D eigenvalue weighted by atomic mass is 10.2. The summed E-state index contributed by atoms with van der Waals surface area (Å²) in [6, 6.07) is 14.2. The maximum absolute atomic E-state index is 12.8. The van der Waals surface area contributed by atoms with E-state index in [1.807, 2.05) is 24.3 Å². The van der Waals surface area contributed by atoms with Crippen LogP contribution in [0.15, 0.2) is 53.4 Å². The molecule has 2 aromatic rings. The van der Waals surface area contributed by atoms with Crippen LogP contribution in [0.4, 0.5) is 11.4 Å². The van der Waals surface area contributed by atoms with Crippen LogP contribution in [0, 0.1) is 0 Å². The topological polar surface area (TPSA) is 75.4 Å². The highest BCUT2D eigenvalue weighted by atomic mass is 32.2. The van der Waals surface area contributed by atoms with E-state index >= 15 is 0 Å². The lowest BCUT2D eigenvalue weighted by Crippen LogP contribution is -2.30. The van der Waals surface area contributed by atoms with E-state index < -0.39 is 10.0 Å². The van der Waals surface area contributed by atoms with Crippen LogP contribution in [0.2, 0.25) is 0 Å². The van der Waals surface area contributed by atoms with Gasteiger partial charge in [-0.3, -0.25) is 10.1 Å². The molecule has 3 rings (SSSR count). The highest BCUT2D eigenvalue weighted by Crippen LogP contribution is 2.34. The minimum Gasteiger partial charge on any atom is -0.323 e. The Morgan fingerprint density at radius 3 is 2.55 bits per heavy atom. The average molecular weight is 289 g/mol. The molecule has 1 aliphatic heterocycles. The quantitative estimate of drug-likeness (QED) is 0.666. The Morgan fingerprint density at radius 2 is 1.75 bits per heavy atom. The molecule has 1 heterocycles. The molecule has 2 aromatic carbocycles. The lowest BCUT2D eigenvalue weighted by molar-refractivity contribution is 0.592. The average Bonchev–Trinajstić information content (AvgIpc) is 2.92. The van der Waals surface area contributed by atoms with Crippen molar-refractivity contribution >= 4 is 21.4 Å². The largest absolute Gasteiger partial charge is 0.323 e. The number of fused-ring (bicyclic) bond motifs is 1. The Morgan fingerprint density at radius 1 is 1.05 bits per heavy atom. The number of rotatable bonds is 3. The molecule has 0 amide bonds. The molecule has 3 N–H and O–H groups in total. The van der Waals surface area contributed by atoms with Crippen molar-refractivity contribution in [1.29, 1.82) is 0 Å². The molecule has 0 saturated heterocycles. The van der Waals surface area contributed by atoms with E-state index in [9.17, 15) is 8.42 Å². The van der Waals surface area contributed by atoms with Crippen LogP contribution >= 0.6 is 0 Å². The van der Waals surface area contributed by atoms with Crippen LogP contribution in [0.5, 0.6) is 0 Å². The lowest BCUT2D eigenvalue weighted by Gasteiger charge is -2.21. The summed E-state index contributed by atoms with van der Waals surface area (Å²) in [5.74, 6) is 5.41. The molecule has 1 aliphatic rings. The second-order valence-electron chi connectivity index (χ2n) is 4.60. The van der Waals surface area contributed by atoms with Crippen molar-refractivity contribution in [2.75, 3.05) is 16.3 Å². The second-order valence-corrected chi connectivity index (χ2v) is 6.43. The summed E-state index contributed by atoms with van der Waals surface area (Å²) in [7, 11) is -3.60. The van der Waals surface area contributed by atoms with E-state index in [0.717, 1.165) is 17.7 Å². The number of hydrazine groups is 1. The molecule has 20 heavy (non-hydrogen) atoms. The molecule has 0 bridgehead atoms. The van der Waals surface area contributed by atoms with Gasteiger partial charge in [-0.2, -0.15) is 0 Å². The van der Waals surface area contributed by atoms with Gasteiger partial charge >= 0.3 is 0 Å². The van der Waals surface area contributed by atoms with E-state index in [4.69, 9.17) is 5.84 Å². The Balaban J connectivity index is 2.10. The van der Waals surface area contributed by atoms with Gasteiger partial charge in [0, 0.05) is 6.54 Å². The number of hydrogen-bond acceptors (Lipinski definition) is 4. The third kappa shape index (κ3) is 1.93. The molecule has 6 heteroatoms. The van der Waals surface area contributed by atoms with Crippen LogP contribution in [0.25, 0.3) is 0 Å². The summed E-state index contributed by atoms with van der Waals surface area (Å²) in [5.41, 5.74) is 4.64. The molecule has 0 aliphatic carbocycles. The van der Waals surface area contributed by atoms with Crippen LogP contribution < -0.4 is 15.6 Å². The zero-order valence-corrected chi connectivity index (χ0v) is 11.6.